The summed E-state index contributed by atoms with van der Waals surface area (Å²) in [6.45, 7) is 0. The summed E-state index contributed by atoms with van der Waals surface area (Å²) in [6, 6.07) is 18.0. The van der Waals surface area contributed by atoms with Crippen molar-refractivity contribution in [3.8, 4) is 5.75 Å². The van der Waals surface area contributed by atoms with E-state index in [9.17, 15) is 5.11 Å². The first-order chi connectivity index (χ1) is 9.81. The molecule has 1 fully saturated rings. The Labute approximate surface area is 123 Å². The molecule has 0 amide bonds. The number of hydrogen-bond donors (Lipinski definition) is 1. The molecule has 20 heavy (non-hydrogen) atoms. The fourth-order valence-electron chi connectivity index (χ4n) is 1.96. The highest BCUT2D eigenvalue weighted by Gasteiger charge is 2.23. The quantitative estimate of drug-likeness (QED) is 0.812. The van der Waals surface area contributed by atoms with E-state index in [0.29, 0.717) is 11.9 Å². The first-order valence-corrected chi connectivity index (χ1v) is 7.92. The van der Waals surface area contributed by atoms with Gasteiger partial charge in [0.15, 0.2) is 0 Å². The van der Waals surface area contributed by atoms with Gasteiger partial charge in [-0.25, -0.2) is 0 Å². The molecule has 1 aliphatic carbocycles. The smallest absolute Gasteiger partial charge is 0.120 e. The number of rotatable bonds is 6. The van der Waals surface area contributed by atoms with Crippen LogP contribution in [0, 0.1) is 0 Å². The molecule has 0 radical (unpaired) electrons. The first kappa shape index (κ1) is 13.5. The van der Waals surface area contributed by atoms with Crippen LogP contribution in [0.4, 0.5) is 0 Å². The maximum Gasteiger partial charge on any atom is 0.120 e. The first-order valence-electron chi connectivity index (χ1n) is 6.94. The van der Waals surface area contributed by atoms with Crippen LogP contribution in [0.2, 0.25) is 0 Å². The molecule has 0 aliphatic heterocycles. The lowest BCUT2D eigenvalue weighted by atomic mass is 10.1. The van der Waals surface area contributed by atoms with Gasteiger partial charge >= 0.3 is 0 Å². The fourth-order valence-corrected chi connectivity index (χ4v) is 2.85. The number of thioether (sulfide) groups is 1. The van der Waals surface area contributed by atoms with Gasteiger partial charge in [-0.1, -0.05) is 30.3 Å². The van der Waals surface area contributed by atoms with Crippen LogP contribution in [0.25, 0.3) is 0 Å². The molecule has 1 N–H and O–H groups in total. The minimum Gasteiger partial charge on any atom is -0.490 e. The molecule has 0 spiro atoms. The van der Waals surface area contributed by atoms with Crippen molar-refractivity contribution in [2.45, 2.75) is 29.9 Å². The summed E-state index contributed by atoms with van der Waals surface area (Å²) in [4.78, 5) is 1.18. The van der Waals surface area contributed by atoms with Gasteiger partial charge in [-0.15, -0.1) is 11.8 Å². The highest BCUT2D eigenvalue weighted by atomic mass is 32.2. The van der Waals surface area contributed by atoms with Crippen molar-refractivity contribution >= 4 is 11.8 Å². The van der Waals surface area contributed by atoms with E-state index in [1.807, 2.05) is 42.5 Å². The zero-order valence-electron chi connectivity index (χ0n) is 11.2. The highest BCUT2D eigenvalue weighted by molar-refractivity contribution is 7.99. The summed E-state index contributed by atoms with van der Waals surface area (Å²) in [6.07, 6.45) is 2.22. The number of hydrogen-bond acceptors (Lipinski definition) is 3. The van der Waals surface area contributed by atoms with E-state index in [4.69, 9.17) is 4.74 Å². The predicted molar refractivity (Wildman–Crippen MR) is 82.2 cm³/mol. The van der Waals surface area contributed by atoms with Crippen molar-refractivity contribution < 1.29 is 9.84 Å². The van der Waals surface area contributed by atoms with Gasteiger partial charge < -0.3 is 9.84 Å². The molecule has 1 saturated carbocycles. The van der Waals surface area contributed by atoms with E-state index in [0.717, 1.165) is 24.2 Å². The third kappa shape index (κ3) is 3.78. The van der Waals surface area contributed by atoms with Crippen molar-refractivity contribution in [2.24, 2.45) is 0 Å². The molecule has 0 heterocycles. The number of ether oxygens (including phenoxy) is 1. The molecule has 0 saturated heterocycles. The van der Waals surface area contributed by atoms with Crippen LogP contribution in [-0.4, -0.2) is 17.0 Å². The Morgan fingerprint density at radius 3 is 2.65 bits per heavy atom. The van der Waals surface area contributed by atoms with Crippen LogP contribution in [0.3, 0.4) is 0 Å². The summed E-state index contributed by atoms with van der Waals surface area (Å²) in [5.74, 6) is 1.52. The second-order valence-corrected chi connectivity index (χ2v) is 6.12. The van der Waals surface area contributed by atoms with E-state index >= 15 is 0 Å². The Morgan fingerprint density at radius 2 is 1.90 bits per heavy atom. The van der Waals surface area contributed by atoms with Crippen LogP contribution in [0.1, 0.15) is 24.5 Å². The Balaban J connectivity index is 1.59. The van der Waals surface area contributed by atoms with E-state index in [1.165, 1.54) is 4.90 Å². The molecule has 2 nitrogen and oxygen atoms in total. The number of aliphatic hydroxyl groups is 1. The van der Waals surface area contributed by atoms with Crippen molar-refractivity contribution in [1.82, 2.24) is 0 Å². The van der Waals surface area contributed by atoms with Gasteiger partial charge in [-0.3, -0.25) is 0 Å². The fraction of sp³-hybridized carbons (Fsp3) is 0.294. The van der Waals surface area contributed by atoms with Gasteiger partial charge in [-0.2, -0.15) is 0 Å². The van der Waals surface area contributed by atoms with Gasteiger partial charge in [0.1, 0.15) is 5.75 Å². The molecule has 1 unspecified atom stereocenters. The third-order valence-corrected chi connectivity index (χ3v) is 4.31. The van der Waals surface area contributed by atoms with Crippen LogP contribution in [-0.2, 0) is 0 Å². The number of aliphatic hydroxyl groups excluding tert-OH is 1. The zero-order chi connectivity index (χ0) is 13.8. The molecule has 1 atom stereocenters. The van der Waals surface area contributed by atoms with Gasteiger partial charge in [0.25, 0.3) is 0 Å². The lowest BCUT2D eigenvalue weighted by Gasteiger charge is -2.12. The minimum absolute atomic E-state index is 0.390. The van der Waals surface area contributed by atoms with E-state index < -0.39 is 6.10 Å². The maximum absolute atomic E-state index is 10.3. The monoisotopic (exact) mass is 286 g/mol. The lowest BCUT2D eigenvalue weighted by molar-refractivity contribution is 0.203. The second kappa shape index (κ2) is 6.33. The lowest BCUT2D eigenvalue weighted by Crippen LogP contribution is -2.02. The molecule has 0 aromatic heterocycles. The molecule has 1 aliphatic rings. The van der Waals surface area contributed by atoms with Crippen LogP contribution in [0.5, 0.6) is 5.75 Å². The average molecular weight is 286 g/mol. The van der Waals surface area contributed by atoms with Gasteiger partial charge in [0.05, 0.1) is 12.2 Å². The van der Waals surface area contributed by atoms with Gasteiger partial charge in [0, 0.05) is 10.6 Å². The van der Waals surface area contributed by atoms with E-state index in [1.54, 1.807) is 11.8 Å². The van der Waals surface area contributed by atoms with Crippen molar-refractivity contribution in [3.05, 3.63) is 60.2 Å². The van der Waals surface area contributed by atoms with Crippen LogP contribution < -0.4 is 4.74 Å². The van der Waals surface area contributed by atoms with Crippen LogP contribution >= 0.6 is 11.8 Å². The summed E-state index contributed by atoms with van der Waals surface area (Å²) in [5, 5.41) is 10.3. The normalized spacial score (nSPS) is 15.8. The largest absolute Gasteiger partial charge is 0.490 e. The summed E-state index contributed by atoms with van der Waals surface area (Å²) >= 11 is 1.66. The maximum atomic E-state index is 10.3. The molecule has 0 bridgehead atoms. The van der Waals surface area contributed by atoms with E-state index in [2.05, 4.69) is 12.1 Å². The molecule has 104 valence electrons. The Bertz CT molecular complexity index is 552. The Kier molecular flexibility index (Phi) is 4.28. The standard InChI is InChI=1S/C17H18O2S/c18-17(12-20-16-7-2-1-3-8-16)13-5-4-6-15(11-13)19-14-9-10-14/h1-8,11,14,17-18H,9-10,12H2. The highest BCUT2D eigenvalue weighted by Crippen LogP contribution is 2.30. The number of benzene rings is 2. The topological polar surface area (TPSA) is 29.5 Å². The van der Waals surface area contributed by atoms with Crippen molar-refractivity contribution in [1.29, 1.82) is 0 Å². The summed E-state index contributed by atoms with van der Waals surface area (Å²) in [7, 11) is 0. The van der Waals surface area contributed by atoms with E-state index in [-0.39, 0.29) is 0 Å². The van der Waals surface area contributed by atoms with Gasteiger partial charge in [0.2, 0.25) is 0 Å². The Morgan fingerprint density at radius 1 is 1.10 bits per heavy atom. The summed E-state index contributed by atoms with van der Waals surface area (Å²) in [5.41, 5.74) is 0.923. The predicted octanol–water partition coefficient (Wildman–Crippen LogP) is 4.05. The molecule has 3 heteroatoms. The average Bonchev–Trinajstić information content (AvgIpc) is 3.30. The molecule has 3 rings (SSSR count). The molecular formula is C17H18O2S. The summed E-state index contributed by atoms with van der Waals surface area (Å²) < 4.78 is 5.76. The Hall–Kier alpha value is -1.45. The van der Waals surface area contributed by atoms with Gasteiger partial charge in [-0.05, 0) is 42.7 Å². The zero-order valence-corrected chi connectivity index (χ0v) is 12.1. The SMILES string of the molecule is OC(CSc1ccccc1)c1cccc(OC2CC2)c1. The van der Waals surface area contributed by atoms with Crippen LogP contribution in [0.15, 0.2) is 59.5 Å². The van der Waals surface area contributed by atoms with Crippen molar-refractivity contribution in [3.63, 3.8) is 0 Å². The third-order valence-electron chi connectivity index (χ3n) is 3.22. The minimum atomic E-state index is -0.469. The molecule has 2 aromatic carbocycles. The molecular weight excluding hydrogens is 268 g/mol. The van der Waals surface area contributed by atoms with Crippen molar-refractivity contribution in [2.75, 3.05) is 5.75 Å². The molecule has 2 aromatic rings. The second-order valence-electron chi connectivity index (χ2n) is 5.03.